The molecule has 1 aromatic carbocycles. The van der Waals surface area contributed by atoms with Crippen LogP contribution in [-0.4, -0.2) is 76.0 Å². The first-order valence-electron chi connectivity index (χ1n) is 13.1. The second-order valence-electron chi connectivity index (χ2n) is 10.4. The number of hydrogen-bond acceptors (Lipinski definition) is 7. The molecule has 39 heavy (non-hydrogen) atoms. The molecule has 0 radical (unpaired) electrons. The monoisotopic (exact) mass is 546 g/mol. The predicted molar refractivity (Wildman–Crippen MR) is 147 cm³/mol. The minimum atomic E-state index is -0.814. The number of likely N-dealkylation sites (tertiary alicyclic amines) is 2. The van der Waals surface area contributed by atoms with E-state index in [2.05, 4.69) is 10.3 Å². The first-order valence-corrected chi connectivity index (χ1v) is 13.9. The lowest BCUT2D eigenvalue weighted by Crippen LogP contribution is -2.53. The summed E-state index contributed by atoms with van der Waals surface area (Å²) in [4.78, 5) is 73.6. The number of hydrogen-bond donors (Lipinski definition) is 1. The van der Waals surface area contributed by atoms with Crippen LogP contribution in [0, 0.1) is 5.92 Å². The maximum Gasteiger partial charge on any atom is 0.276 e. The highest BCUT2D eigenvalue weighted by Gasteiger charge is 2.53. The van der Waals surface area contributed by atoms with Gasteiger partial charge in [0.05, 0.1) is 17.5 Å². The van der Waals surface area contributed by atoms with Crippen molar-refractivity contribution in [3.63, 3.8) is 0 Å². The Hall–Kier alpha value is -3.92. The van der Waals surface area contributed by atoms with Crippen molar-refractivity contribution in [1.82, 2.24) is 15.1 Å². The fourth-order valence-corrected chi connectivity index (χ4v) is 6.36. The first kappa shape index (κ1) is 26.7. The van der Waals surface area contributed by atoms with Gasteiger partial charge >= 0.3 is 0 Å². The molecule has 3 aliphatic heterocycles. The van der Waals surface area contributed by atoms with Crippen molar-refractivity contribution in [2.24, 2.45) is 10.9 Å². The maximum absolute atomic E-state index is 13.8. The molecular formula is C29H30N4O5S. The number of benzene rings is 1. The van der Waals surface area contributed by atoms with E-state index in [-0.39, 0.29) is 54.5 Å². The summed E-state index contributed by atoms with van der Waals surface area (Å²) in [6.45, 7) is 4.04. The fraction of sp³-hybridized carbons (Fsp3) is 0.379. The lowest BCUT2D eigenvalue weighted by Gasteiger charge is -2.29. The van der Waals surface area contributed by atoms with Gasteiger partial charge in [0.1, 0.15) is 12.1 Å². The third-order valence-corrected chi connectivity index (χ3v) is 8.38. The van der Waals surface area contributed by atoms with Crippen molar-refractivity contribution < 1.29 is 24.0 Å². The minimum absolute atomic E-state index is 0.0960. The molecule has 3 unspecified atom stereocenters. The van der Waals surface area contributed by atoms with Gasteiger partial charge in [-0.05, 0) is 36.5 Å². The number of rotatable bonds is 7. The number of thiophene rings is 1. The molecule has 3 aliphatic rings. The summed E-state index contributed by atoms with van der Waals surface area (Å²) in [5, 5.41) is 2.91. The predicted octanol–water partition coefficient (Wildman–Crippen LogP) is 2.87. The Morgan fingerprint density at radius 1 is 1.08 bits per heavy atom. The van der Waals surface area contributed by atoms with Crippen LogP contribution in [0.3, 0.4) is 0 Å². The summed E-state index contributed by atoms with van der Waals surface area (Å²) in [6, 6.07) is 11.3. The second kappa shape index (κ2) is 11.1. The zero-order valence-corrected chi connectivity index (χ0v) is 22.6. The summed E-state index contributed by atoms with van der Waals surface area (Å²) in [6.07, 6.45) is 3.92. The fourth-order valence-electron chi connectivity index (χ4n) is 5.45. The lowest BCUT2D eigenvalue weighted by atomic mass is 10.0. The van der Waals surface area contributed by atoms with Crippen LogP contribution < -0.4 is 5.32 Å². The van der Waals surface area contributed by atoms with E-state index >= 15 is 0 Å². The van der Waals surface area contributed by atoms with Crippen molar-refractivity contribution in [3.05, 3.63) is 59.6 Å². The molecule has 2 aromatic rings. The van der Waals surface area contributed by atoms with Crippen LogP contribution in [0.4, 0.5) is 0 Å². The number of ketones is 2. The van der Waals surface area contributed by atoms with E-state index in [0.29, 0.717) is 17.7 Å². The summed E-state index contributed by atoms with van der Waals surface area (Å²) >= 11 is 1.35. The topological polar surface area (TPSA) is 116 Å². The Kier molecular flexibility index (Phi) is 7.56. The van der Waals surface area contributed by atoms with Crippen LogP contribution in [0.5, 0.6) is 0 Å². The van der Waals surface area contributed by atoms with E-state index in [9.17, 15) is 24.0 Å². The summed E-state index contributed by atoms with van der Waals surface area (Å²) in [7, 11) is 0. The Morgan fingerprint density at radius 3 is 2.56 bits per heavy atom. The van der Waals surface area contributed by atoms with E-state index in [4.69, 9.17) is 0 Å². The van der Waals surface area contributed by atoms with Crippen molar-refractivity contribution in [3.8, 4) is 10.4 Å². The second-order valence-corrected chi connectivity index (χ2v) is 11.5. The van der Waals surface area contributed by atoms with E-state index in [1.54, 1.807) is 12.1 Å². The van der Waals surface area contributed by atoms with Gasteiger partial charge in [0, 0.05) is 24.0 Å². The van der Waals surface area contributed by atoms with E-state index in [1.807, 2.05) is 50.2 Å². The van der Waals surface area contributed by atoms with Crippen LogP contribution in [0.1, 0.15) is 42.8 Å². The van der Waals surface area contributed by atoms with Crippen LogP contribution in [0.15, 0.2) is 59.7 Å². The molecule has 4 heterocycles. The van der Waals surface area contributed by atoms with E-state index < -0.39 is 24.0 Å². The third-order valence-electron chi connectivity index (χ3n) is 7.24. The summed E-state index contributed by atoms with van der Waals surface area (Å²) in [5.74, 6) is -1.76. The molecule has 2 saturated heterocycles. The molecular weight excluding hydrogens is 516 g/mol. The molecule has 3 atom stereocenters. The van der Waals surface area contributed by atoms with Crippen molar-refractivity contribution in [2.75, 3.05) is 13.1 Å². The van der Waals surface area contributed by atoms with E-state index in [0.717, 1.165) is 10.4 Å². The lowest BCUT2D eigenvalue weighted by molar-refractivity contribution is -0.138. The SMILES string of the molecule is CC(C)CC(NC(=O)c1ccc(-c2ccccc2)s1)C(=O)N1CCC2C1C(=O)CN2C(=O)C1=NC=CCC1=O. The van der Waals surface area contributed by atoms with Gasteiger partial charge in [-0.15, -0.1) is 11.3 Å². The Bertz CT molecular complexity index is 1380. The quantitative estimate of drug-likeness (QED) is 0.573. The average molecular weight is 547 g/mol. The molecule has 9 nitrogen and oxygen atoms in total. The van der Waals surface area contributed by atoms with Gasteiger partial charge in [0.2, 0.25) is 5.91 Å². The van der Waals surface area contributed by atoms with Gasteiger partial charge in [-0.2, -0.15) is 0 Å². The van der Waals surface area contributed by atoms with Gasteiger partial charge in [-0.3, -0.25) is 24.0 Å². The zero-order valence-electron chi connectivity index (χ0n) is 21.8. The smallest absolute Gasteiger partial charge is 0.276 e. The summed E-state index contributed by atoms with van der Waals surface area (Å²) < 4.78 is 0. The third kappa shape index (κ3) is 5.34. The highest BCUT2D eigenvalue weighted by atomic mass is 32.1. The normalized spacial score (nSPS) is 21.3. The number of allylic oxidation sites excluding steroid dienone is 1. The number of fused-ring (bicyclic) bond motifs is 1. The zero-order chi connectivity index (χ0) is 27.7. The molecule has 2 fully saturated rings. The number of carbonyl (C=O) groups excluding carboxylic acids is 5. The molecule has 202 valence electrons. The van der Waals surface area contributed by atoms with Crippen LogP contribution in [0.2, 0.25) is 0 Å². The van der Waals surface area contributed by atoms with Gasteiger partial charge in [0.15, 0.2) is 17.3 Å². The van der Waals surface area contributed by atoms with Crippen molar-refractivity contribution in [2.45, 2.75) is 51.2 Å². The molecule has 0 aliphatic carbocycles. The number of nitrogens with zero attached hydrogens (tertiary/aromatic N) is 3. The van der Waals surface area contributed by atoms with Gasteiger partial charge < -0.3 is 15.1 Å². The Labute approximate surface area is 230 Å². The van der Waals surface area contributed by atoms with Crippen molar-refractivity contribution in [1.29, 1.82) is 0 Å². The van der Waals surface area contributed by atoms with E-state index in [1.165, 1.54) is 27.3 Å². The number of amides is 3. The van der Waals surface area contributed by atoms with Crippen LogP contribution >= 0.6 is 11.3 Å². The van der Waals surface area contributed by atoms with Crippen LogP contribution in [-0.2, 0) is 19.2 Å². The summed E-state index contributed by atoms with van der Waals surface area (Å²) in [5.41, 5.74) is 0.835. The Balaban J connectivity index is 1.31. The van der Waals surface area contributed by atoms with Gasteiger partial charge in [-0.1, -0.05) is 50.3 Å². The highest BCUT2D eigenvalue weighted by Crippen LogP contribution is 2.32. The highest BCUT2D eigenvalue weighted by molar-refractivity contribution is 7.17. The molecule has 0 bridgehead atoms. The molecule has 0 saturated carbocycles. The number of carbonyl (C=O) groups is 5. The molecule has 1 N–H and O–H groups in total. The minimum Gasteiger partial charge on any atom is -0.340 e. The van der Waals surface area contributed by atoms with Gasteiger partial charge in [0.25, 0.3) is 11.8 Å². The largest absolute Gasteiger partial charge is 0.340 e. The standard InChI is InChI=1S/C29H30N4O5S/c1-17(2)15-19(31-27(36)24-11-10-23(39-24)18-7-4-3-5-8-18)28(37)32-14-12-20-26(32)22(35)16-33(20)29(38)25-21(34)9-6-13-30-25/h3-8,10-11,13,17,19-20,26H,9,12,14-16H2,1-2H3,(H,31,36). The van der Waals surface area contributed by atoms with Gasteiger partial charge in [-0.25, -0.2) is 4.99 Å². The van der Waals surface area contributed by atoms with Crippen LogP contribution in [0.25, 0.3) is 10.4 Å². The average Bonchev–Trinajstić information content (AvgIpc) is 3.66. The molecule has 5 rings (SSSR count). The Morgan fingerprint density at radius 2 is 1.85 bits per heavy atom. The maximum atomic E-state index is 13.8. The number of Topliss-reactive ketones (excluding diaryl/α,β-unsaturated/α-hetero) is 2. The molecule has 10 heteroatoms. The first-order chi connectivity index (χ1) is 18.7. The molecule has 3 amide bonds. The number of aliphatic imine (C=N–C) groups is 1. The van der Waals surface area contributed by atoms with Crippen molar-refractivity contribution >= 4 is 46.3 Å². The molecule has 1 aromatic heterocycles. The number of nitrogens with one attached hydrogen (secondary N) is 1. The molecule has 0 spiro atoms.